The molecule has 0 saturated carbocycles. The summed E-state index contributed by atoms with van der Waals surface area (Å²) in [5, 5.41) is 21.8. The molecule has 2 aromatic rings. The standard InChI is InChI=1S/C28H39N3O7/c1-4-10-31(38-12-5-2)25(33)16-30-15-22(19-13-20(17-32)27-24(14-19)36-18-37-27)26(28(34)35)23(30)9-8-21-7-6-11-29(21)3/h6-7,11,13-14,22-23,26,32H,4-5,8-10,12,15-18H2,1-3H3,(H,34,35)/t22-,23+,26-/m1/s1. The van der Waals surface area contributed by atoms with Crippen LogP contribution in [0, 0.1) is 5.92 Å². The lowest BCUT2D eigenvalue weighted by Gasteiger charge is -2.29. The maximum absolute atomic E-state index is 13.3. The van der Waals surface area contributed by atoms with Gasteiger partial charge in [-0.05, 0) is 55.5 Å². The van der Waals surface area contributed by atoms with Crippen molar-refractivity contribution in [1.29, 1.82) is 0 Å². The van der Waals surface area contributed by atoms with E-state index in [0.717, 1.165) is 24.1 Å². The SMILES string of the molecule is CCCON(CCC)C(=O)CN1C[C@H](c2cc(CO)c3c(c2)OCO3)[C@@H](C(=O)O)[C@@H]1CCc1cccn1C. The van der Waals surface area contributed by atoms with Crippen molar-refractivity contribution in [1.82, 2.24) is 14.5 Å². The van der Waals surface area contributed by atoms with Gasteiger partial charge in [0.1, 0.15) is 0 Å². The number of likely N-dealkylation sites (tertiary alicyclic amines) is 1. The van der Waals surface area contributed by atoms with Gasteiger partial charge in [-0.25, -0.2) is 5.06 Å². The average molecular weight is 530 g/mol. The smallest absolute Gasteiger partial charge is 0.308 e. The fourth-order valence-corrected chi connectivity index (χ4v) is 5.60. The van der Waals surface area contributed by atoms with Gasteiger partial charge < -0.3 is 24.3 Å². The lowest BCUT2D eigenvalue weighted by Crippen LogP contribution is -2.44. The van der Waals surface area contributed by atoms with Crippen LogP contribution in [0.4, 0.5) is 0 Å². The van der Waals surface area contributed by atoms with Crippen LogP contribution in [0.5, 0.6) is 11.5 Å². The molecule has 1 saturated heterocycles. The molecule has 1 aromatic carbocycles. The lowest BCUT2D eigenvalue weighted by atomic mass is 9.83. The summed E-state index contributed by atoms with van der Waals surface area (Å²) in [4.78, 5) is 33.8. The molecule has 38 heavy (non-hydrogen) atoms. The Morgan fingerprint density at radius 3 is 2.68 bits per heavy atom. The Hall–Kier alpha value is -3.08. The maximum atomic E-state index is 13.3. The highest BCUT2D eigenvalue weighted by molar-refractivity contribution is 5.78. The lowest BCUT2D eigenvalue weighted by molar-refractivity contribution is -0.188. The summed E-state index contributed by atoms with van der Waals surface area (Å²) in [6.45, 7) is 5.18. The highest BCUT2D eigenvalue weighted by atomic mass is 16.7. The number of carboxylic acid groups (broad SMARTS) is 1. The Morgan fingerprint density at radius 1 is 1.21 bits per heavy atom. The minimum Gasteiger partial charge on any atom is -0.481 e. The summed E-state index contributed by atoms with van der Waals surface area (Å²) in [6.07, 6.45) is 4.79. The van der Waals surface area contributed by atoms with Crippen LogP contribution in [0.25, 0.3) is 0 Å². The fraction of sp³-hybridized carbons (Fsp3) is 0.571. The first-order valence-electron chi connectivity index (χ1n) is 13.4. The molecule has 2 aliphatic heterocycles. The highest BCUT2D eigenvalue weighted by Crippen LogP contribution is 2.44. The van der Waals surface area contributed by atoms with E-state index in [1.165, 1.54) is 5.06 Å². The molecule has 2 aliphatic rings. The van der Waals surface area contributed by atoms with Crippen LogP contribution in [0.3, 0.4) is 0 Å². The molecule has 3 atom stereocenters. The van der Waals surface area contributed by atoms with Crippen molar-refractivity contribution in [3.8, 4) is 11.5 Å². The first kappa shape index (κ1) is 27.9. The van der Waals surface area contributed by atoms with Crippen molar-refractivity contribution in [2.24, 2.45) is 13.0 Å². The molecule has 10 nitrogen and oxygen atoms in total. The van der Waals surface area contributed by atoms with E-state index < -0.39 is 17.8 Å². The number of aliphatic hydroxyl groups is 1. The molecule has 0 aliphatic carbocycles. The van der Waals surface area contributed by atoms with Crippen molar-refractivity contribution in [2.75, 3.05) is 33.0 Å². The van der Waals surface area contributed by atoms with Crippen LogP contribution in [-0.4, -0.2) is 75.7 Å². The molecule has 0 bridgehead atoms. The number of carbonyl (C=O) groups excluding carboxylic acids is 1. The van der Waals surface area contributed by atoms with E-state index >= 15 is 0 Å². The van der Waals surface area contributed by atoms with Crippen LogP contribution in [0.2, 0.25) is 0 Å². The van der Waals surface area contributed by atoms with Gasteiger partial charge in [0.25, 0.3) is 5.91 Å². The third-order valence-corrected chi connectivity index (χ3v) is 7.45. The number of fused-ring (bicyclic) bond motifs is 1. The minimum absolute atomic E-state index is 0.0593. The monoisotopic (exact) mass is 529 g/mol. The summed E-state index contributed by atoms with van der Waals surface area (Å²) >= 11 is 0. The minimum atomic E-state index is -0.905. The van der Waals surface area contributed by atoms with Crippen molar-refractivity contribution in [3.05, 3.63) is 47.3 Å². The van der Waals surface area contributed by atoms with Crippen molar-refractivity contribution in [3.63, 3.8) is 0 Å². The van der Waals surface area contributed by atoms with E-state index in [4.69, 9.17) is 14.3 Å². The van der Waals surface area contributed by atoms with Gasteiger partial charge in [-0.3, -0.25) is 19.3 Å². The molecule has 208 valence electrons. The maximum Gasteiger partial charge on any atom is 0.308 e. The van der Waals surface area contributed by atoms with Gasteiger partial charge in [-0.1, -0.05) is 13.8 Å². The number of hydrogen-bond donors (Lipinski definition) is 2. The number of hydroxylamine groups is 2. The third-order valence-electron chi connectivity index (χ3n) is 7.45. The van der Waals surface area contributed by atoms with Crippen LogP contribution in [-0.2, 0) is 34.5 Å². The topological polar surface area (TPSA) is 114 Å². The molecular formula is C28H39N3O7. The number of carbonyl (C=O) groups is 2. The van der Waals surface area contributed by atoms with Crippen molar-refractivity contribution < 1.29 is 34.1 Å². The number of benzene rings is 1. The Kier molecular flexibility index (Phi) is 9.30. The normalized spacial score (nSPS) is 20.7. The van der Waals surface area contributed by atoms with Gasteiger partial charge in [0.15, 0.2) is 11.5 Å². The highest BCUT2D eigenvalue weighted by Gasteiger charge is 2.47. The number of aromatic nitrogens is 1. The molecule has 4 rings (SSSR count). The number of ether oxygens (including phenoxy) is 2. The molecule has 0 spiro atoms. The molecule has 1 fully saturated rings. The van der Waals surface area contributed by atoms with E-state index in [1.807, 2.05) is 54.8 Å². The van der Waals surface area contributed by atoms with Crippen LogP contribution in [0.1, 0.15) is 55.8 Å². The van der Waals surface area contributed by atoms with Crippen LogP contribution in [0.15, 0.2) is 30.5 Å². The quantitative estimate of drug-likeness (QED) is 0.381. The summed E-state index contributed by atoms with van der Waals surface area (Å²) in [6, 6.07) is 7.26. The molecule has 1 aromatic heterocycles. The number of nitrogens with zero attached hydrogens (tertiary/aromatic N) is 3. The summed E-state index contributed by atoms with van der Waals surface area (Å²) < 4.78 is 13.1. The zero-order valence-electron chi connectivity index (χ0n) is 22.5. The van der Waals surface area contributed by atoms with E-state index in [9.17, 15) is 19.8 Å². The Labute approximate surface area is 223 Å². The van der Waals surface area contributed by atoms with E-state index in [-0.39, 0.29) is 31.9 Å². The summed E-state index contributed by atoms with van der Waals surface area (Å²) in [5.41, 5.74) is 2.43. The first-order valence-corrected chi connectivity index (χ1v) is 13.4. The number of rotatable bonds is 13. The second kappa shape index (κ2) is 12.6. The van der Waals surface area contributed by atoms with Crippen LogP contribution < -0.4 is 9.47 Å². The number of carboxylic acids is 1. The van der Waals surface area contributed by atoms with Crippen molar-refractivity contribution >= 4 is 11.9 Å². The predicted molar refractivity (Wildman–Crippen MR) is 140 cm³/mol. The van der Waals surface area contributed by atoms with E-state index in [1.54, 1.807) is 6.07 Å². The average Bonchev–Trinajstić information content (AvgIpc) is 3.63. The van der Waals surface area contributed by atoms with Gasteiger partial charge in [-0.15, -0.1) is 0 Å². The molecule has 2 N–H and O–H groups in total. The predicted octanol–water partition coefficient (Wildman–Crippen LogP) is 2.93. The second-order valence-electron chi connectivity index (χ2n) is 10.0. The van der Waals surface area contributed by atoms with Gasteiger partial charge in [0, 0.05) is 49.6 Å². The fourth-order valence-electron chi connectivity index (χ4n) is 5.60. The Balaban J connectivity index is 1.65. The van der Waals surface area contributed by atoms with E-state index in [2.05, 4.69) is 0 Å². The molecular weight excluding hydrogens is 490 g/mol. The zero-order chi connectivity index (χ0) is 27.2. The van der Waals surface area contributed by atoms with Gasteiger partial charge in [0.05, 0.1) is 25.7 Å². The number of aliphatic carboxylic acids is 1. The van der Waals surface area contributed by atoms with Crippen molar-refractivity contribution in [2.45, 2.75) is 58.1 Å². The van der Waals surface area contributed by atoms with Gasteiger partial charge >= 0.3 is 5.97 Å². The second-order valence-corrected chi connectivity index (χ2v) is 10.0. The molecule has 0 radical (unpaired) electrons. The molecule has 1 amide bonds. The van der Waals surface area contributed by atoms with Crippen LogP contribution >= 0.6 is 0 Å². The Morgan fingerprint density at radius 2 is 2.03 bits per heavy atom. The van der Waals surface area contributed by atoms with Gasteiger partial charge in [-0.2, -0.15) is 0 Å². The summed E-state index contributed by atoms with van der Waals surface area (Å²) in [7, 11) is 1.97. The molecule has 10 heteroatoms. The third kappa shape index (κ3) is 5.98. The largest absolute Gasteiger partial charge is 0.481 e. The molecule has 3 heterocycles. The van der Waals surface area contributed by atoms with E-state index in [0.29, 0.717) is 49.6 Å². The number of aryl methyl sites for hydroxylation is 2. The Bertz CT molecular complexity index is 1120. The first-order chi connectivity index (χ1) is 18.4. The zero-order valence-corrected chi connectivity index (χ0v) is 22.5. The van der Waals surface area contributed by atoms with Gasteiger partial charge in [0.2, 0.25) is 6.79 Å². The summed E-state index contributed by atoms with van der Waals surface area (Å²) in [5.74, 6) is -1.21. The number of hydrogen-bond acceptors (Lipinski definition) is 7. The molecule has 0 unspecified atom stereocenters. The number of aliphatic hydroxyl groups excluding tert-OH is 1. The number of amides is 1.